The Labute approximate surface area is 157 Å². The molecule has 4 heterocycles. The second kappa shape index (κ2) is 5.81. The summed E-state index contributed by atoms with van der Waals surface area (Å²) in [6, 6.07) is 5.53. The number of nitrogens with zero attached hydrogens (tertiary/aromatic N) is 2. The van der Waals surface area contributed by atoms with Gasteiger partial charge in [-0.1, -0.05) is 18.2 Å². The number of fused-ring (bicyclic) bond motifs is 2. The number of likely N-dealkylation sites (tertiary alicyclic amines) is 1. The van der Waals surface area contributed by atoms with Gasteiger partial charge >= 0.3 is 0 Å². The van der Waals surface area contributed by atoms with Crippen LogP contribution in [0.1, 0.15) is 11.1 Å². The van der Waals surface area contributed by atoms with E-state index in [4.69, 9.17) is 9.47 Å². The number of ether oxygens (including phenoxy) is 2. The first kappa shape index (κ1) is 16.8. The van der Waals surface area contributed by atoms with E-state index in [0.29, 0.717) is 26.2 Å². The summed E-state index contributed by atoms with van der Waals surface area (Å²) >= 11 is 0. The lowest BCUT2D eigenvalue weighted by Gasteiger charge is -2.29. The van der Waals surface area contributed by atoms with Gasteiger partial charge in [-0.2, -0.15) is 0 Å². The molecule has 1 aromatic carbocycles. The molecule has 4 aliphatic heterocycles. The number of benzene rings is 1. The second-order valence-electron chi connectivity index (χ2n) is 7.80. The molecule has 0 radical (unpaired) electrons. The van der Waals surface area contributed by atoms with E-state index in [1.165, 1.54) is 0 Å². The molecule has 7 nitrogen and oxygen atoms in total. The van der Waals surface area contributed by atoms with Crippen molar-refractivity contribution in [2.24, 2.45) is 11.8 Å². The molecule has 142 valence electrons. The summed E-state index contributed by atoms with van der Waals surface area (Å²) in [6.45, 7) is 1.70. The zero-order valence-electron chi connectivity index (χ0n) is 15.1. The summed E-state index contributed by atoms with van der Waals surface area (Å²) in [5, 5.41) is 9.40. The number of aliphatic hydroxyl groups excluding tert-OH is 1. The Balaban J connectivity index is 1.44. The molecule has 4 atom stereocenters. The number of aliphatic hydroxyl groups is 1. The lowest BCUT2D eigenvalue weighted by molar-refractivity contribution is -0.143. The van der Waals surface area contributed by atoms with Gasteiger partial charge in [0, 0.05) is 19.2 Å². The second-order valence-corrected chi connectivity index (χ2v) is 7.80. The summed E-state index contributed by atoms with van der Waals surface area (Å²) in [5.74, 6) is -0.285. The van der Waals surface area contributed by atoms with Crippen LogP contribution in [0.2, 0.25) is 0 Å². The van der Waals surface area contributed by atoms with E-state index in [1.807, 2.05) is 30.4 Å². The van der Waals surface area contributed by atoms with Crippen molar-refractivity contribution < 1.29 is 24.2 Å². The molecule has 2 fully saturated rings. The SMILES string of the molecule is CN1C[C@]23C=C[C@H](O2)[C@H](C(=O)N2CCOc4ccc(CO)cc4C2)[C@@H]3C1=O. The lowest BCUT2D eigenvalue weighted by atomic mass is 9.76. The monoisotopic (exact) mass is 370 g/mol. The molecule has 2 saturated heterocycles. The van der Waals surface area contributed by atoms with Crippen molar-refractivity contribution in [3.8, 4) is 5.75 Å². The quantitative estimate of drug-likeness (QED) is 0.758. The van der Waals surface area contributed by atoms with Crippen LogP contribution >= 0.6 is 0 Å². The molecule has 1 aromatic rings. The Morgan fingerprint density at radius 3 is 3.07 bits per heavy atom. The highest BCUT2D eigenvalue weighted by molar-refractivity contribution is 5.93. The largest absolute Gasteiger partial charge is 0.491 e. The molecule has 0 aliphatic carbocycles. The molecule has 4 aliphatic rings. The average Bonchev–Trinajstić information content (AvgIpc) is 3.22. The first-order valence-corrected chi connectivity index (χ1v) is 9.29. The number of carbonyl (C=O) groups is 2. The zero-order chi connectivity index (χ0) is 18.8. The molecule has 2 amide bonds. The van der Waals surface area contributed by atoms with Gasteiger partial charge in [0.1, 0.15) is 18.0 Å². The van der Waals surface area contributed by atoms with E-state index in [0.717, 1.165) is 16.9 Å². The molecule has 0 unspecified atom stereocenters. The summed E-state index contributed by atoms with van der Waals surface area (Å²) < 4.78 is 11.9. The Kier molecular flexibility index (Phi) is 3.61. The first-order chi connectivity index (χ1) is 13.0. The van der Waals surface area contributed by atoms with Crippen LogP contribution in [0.3, 0.4) is 0 Å². The summed E-state index contributed by atoms with van der Waals surface area (Å²) in [7, 11) is 1.76. The van der Waals surface area contributed by atoms with Gasteiger partial charge in [0.25, 0.3) is 0 Å². The van der Waals surface area contributed by atoms with Crippen molar-refractivity contribution >= 4 is 11.8 Å². The van der Waals surface area contributed by atoms with Crippen molar-refractivity contribution in [2.45, 2.75) is 24.9 Å². The fourth-order valence-electron chi connectivity index (χ4n) is 4.92. The number of hydrogen-bond acceptors (Lipinski definition) is 5. The molecule has 7 heteroatoms. The summed E-state index contributed by atoms with van der Waals surface area (Å²) in [4.78, 5) is 29.6. The van der Waals surface area contributed by atoms with Gasteiger partial charge in [-0.05, 0) is 17.7 Å². The van der Waals surface area contributed by atoms with Gasteiger partial charge in [-0.15, -0.1) is 0 Å². The highest BCUT2D eigenvalue weighted by atomic mass is 16.5. The van der Waals surface area contributed by atoms with E-state index < -0.39 is 17.4 Å². The van der Waals surface area contributed by atoms with Crippen LogP contribution < -0.4 is 4.74 Å². The third kappa shape index (κ3) is 2.34. The van der Waals surface area contributed by atoms with Gasteiger partial charge in [-0.3, -0.25) is 9.59 Å². The molecular weight excluding hydrogens is 348 g/mol. The predicted octanol–water partition coefficient (Wildman–Crippen LogP) is 0.312. The van der Waals surface area contributed by atoms with Crippen LogP contribution in [0.4, 0.5) is 0 Å². The van der Waals surface area contributed by atoms with Crippen LogP contribution in [-0.2, 0) is 27.5 Å². The first-order valence-electron chi connectivity index (χ1n) is 9.29. The summed E-state index contributed by atoms with van der Waals surface area (Å²) in [5.41, 5.74) is 1.00. The molecule has 5 rings (SSSR count). The maximum absolute atomic E-state index is 13.4. The molecule has 0 saturated carbocycles. The Bertz CT molecular complexity index is 853. The predicted molar refractivity (Wildman–Crippen MR) is 94.6 cm³/mol. The van der Waals surface area contributed by atoms with Gasteiger partial charge in [0.05, 0.1) is 37.6 Å². The highest BCUT2D eigenvalue weighted by Gasteiger charge is 2.66. The molecule has 0 aromatic heterocycles. The molecule has 1 spiro atoms. The number of carbonyl (C=O) groups excluding carboxylic acids is 2. The van der Waals surface area contributed by atoms with Crippen molar-refractivity contribution in [1.29, 1.82) is 0 Å². The number of likely N-dealkylation sites (N-methyl/N-ethyl adjacent to an activating group) is 1. The van der Waals surface area contributed by atoms with Crippen molar-refractivity contribution in [3.05, 3.63) is 41.5 Å². The molecule has 2 bridgehead atoms. The normalized spacial score (nSPS) is 33.7. The number of rotatable bonds is 2. The minimum atomic E-state index is -0.652. The van der Waals surface area contributed by atoms with E-state index in [-0.39, 0.29) is 24.5 Å². The van der Waals surface area contributed by atoms with E-state index in [1.54, 1.807) is 16.8 Å². The number of hydrogen-bond donors (Lipinski definition) is 1. The van der Waals surface area contributed by atoms with Gasteiger partial charge < -0.3 is 24.4 Å². The molecule has 1 N–H and O–H groups in total. The van der Waals surface area contributed by atoms with Crippen LogP contribution in [0, 0.1) is 11.8 Å². The van der Waals surface area contributed by atoms with E-state index in [2.05, 4.69) is 0 Å². The van der Waals surface area contributed by atoms with E-state index in [9.17, 15) is 14.7 Å². The fraction of sp³-hybridized carbons (Fsp3) is 0.500. The fourth-order valence-corrected chi connectivity index (χ4v) is 4.92. The standard InChI is InChI=1S/C20H22N2O5/c1-21-11-20-5-4-15(27-20)16(17(20)19(21)25)18(24)22-6-7-26-14-3-2-12(10-23)8-13(14)9-22/h2-5,8,15-17,23H,6-7,9-11H2,1H3/t15-,16-,17+,20-/m0/s1. The van der Waals surface area contributed by atoms with Crippen LogP contribution in [0.25, 0.3) is 0 Å². The molecular formula is C20H22N2O5. The smallest absolute Gasteiger partial charge is 0.230 e. The highest BCUT2D eigenvalue weighted by Crippen LogP contribution is 2.52. The number of amides is 2. The van der Waals surface area contributed by atoms with Crippen LogP contribution in [0.5, 0.6) is 5.75 Å². The third-order valence-electron chi connectivity index (χ3n) is 6.17. The minimum Gasteiger partial charge on any atom is -0.491 e. The van der Waals surface area contributed by atoms with Crippen LogP contribution in [-0.4, -0.2) is 65.2 Å². The third-order valence-corrected chi connectivity index (χ3v) is 6.17. The minimum absolute atomic E-state index is 0.0192. The van der Waals surface area contributed by atoms with Crippen LogP contribution in [0.15, 0.2) is 30.4 Å². The average molecular weight is 370 g/mol. The topological polar surface area (TPSA) is 79.3 Å². The maximum atomic E-state index is 13.4. The Morgan fingerprint density at radius 1 is 1.41 bits per heavy atom. The Hall–Kier alpha value is -2.38. The van der Waals surface area contributed by atoms with Crippen molar-refractivity contribution in [3.63, 3.8) is 0 Å². The van der Waals surface area contributed by atoms with Gasteiger partial charge in [0.2, 0.25) is 11.8 Å². The van der Waals surface area contributed by atoms with Crippen molar-refractivity contribution in [2.75, 3.05) is 26.7 Å². The van der Waals surface area contributed by atoms with Gasteiger partial charge in [0.15, 0.2) is 0 Å². The maximum Gasteiger partial charge on any atom is 0.230 e. The van der Waals surface area contributed by atoms with E-state index >= 15 is 0 Å². The van der Waals surface area contributed by atoms with Crippen molar-refractivity contribution in [1.82, 2.24) is 9.80 Å². The lowest BCUT2D eigenvalue weighted by Crippen LogP contribution is -2.46. The Morgan fingerprint density at radius 2 is 2.26 bits per heavy atom. The molecule has 27 heavy (non-hydrogen) atoms. The summed E-state index contributed by atoms with van der Waals surface area (Å²) in [6.07, 6.45) is 3.55. The zero-order valence-corrected chi connectivity index (χ0v) is 15.1. The van der Waals surface area contributed by atoms with Gasteiger partial charge in [-0.25, -0.2) is 0 Å².